The SMILES string of the molecule is c1ccc2c(c1)CCCCCCCCCCCCCCCc1ccccc1-2. The first-order valence-corrected chi connectivity index (χ1v) is 11.6. The third-order valence-corrected chi connectivity index (χ3v) is 6.22. The Morgan fingerprint density at radius 2 is 0.630 bits per heavy atom. The summed E-state index contributed by atoms with van der Waals surface area (Å²) in [5.74, 6) is 0. The molecule has 0 N–H and O–H groups in total. The maximum Gasteiger partial charge on any atom is -0.0149 e. The first-order valence-electron chi connectivity index (χ1n) is 11.6. The van der Waals surface area contributed by atoms with Gasteiger partial charge in [0.15, 0.2) is 0 Å². The normalized spacial score (nSPS) is 18.4. The van der Waals surface area contributed by atoms with Crippen LogP contribution in [0.3, 0.4) is 0 Å². The molecule has 0 aliphatic heterocycles. The molecule has 0 unspecified atom stereocenters. The van der Waals surface area contributed by atoms with Gasteiger partial charge in [0, 0.05) is 0 Å². The summed E-state index contributed by atoms with van der Waals surface area (Å²) in [5, 5.41) is 0. The molecule has 3 rings (SSSR count). The maximum atomic E-state index is 2.36. The lowest BCUT2D eigenvalue weighted by Gasteiger charge is -2.14. The van der Waals surface area contributed by atoms with Crippen molar-refractivity contribution in [2.24, 2.45) is 0 Å². The summed E-state index contributed by atoms with van der Waals surface area (Å²) in [6, 6.07) is 18.3. The molecule has 0 atom stereocenters. The first kappa shape index (κ1) is 20.2. The summed E-state index contributed by atoms with van der Waals surface area (Å²) in [4.78, 5) is 0. The zero-order valence-electron chi connectivity index (χ0n) is 17.2. The van der Waals surface area contributed by atoms with Gasteiger partial charge in [0.2, 0.25) is 0 Å². The van der Waals surface area contributed by atoms with E-state index in [1.807, 2.05) is 0 Å². The van der Waals surface area contributed by atoms with E-state index in [9.17, 15) is 0 Å². The summed E-state index contributed by atoms with van der Waals surface area (Å²) < 4.78 is 0. The van der Waals surface area contributed by atoms with Gasteiger partial charge >= 0.3 is 0 Å². The van der Waals surface area contributed by atoms with Crippen LogP contribution >= 0.6 is 0 Å². The summed E-state index contributed by atoms with van der Waals surface area (Å²) in [7, 11) is 0. The van der Waals surface area contributed by atoms with Crippen LogP contribution in [-0.2, 0) is 12.8 Å². The zero-order valence-corrected chi connectivity index (χ0v) is 17.2. The molecule has 27 heavy (non-hydrogen) atoms. The van der Waals surface area contributed by atoms with Gasteiger partial charge in [-0.15, -0.1) is 0 Å². The number of benzene rings is 2. The highest BCUT2D eigenvalue weighted by Gasteiger charge is 2.09. The van der Waals surface area contributed by atoms with Gasteiger partial charge < -0.3 is 0 Å². The second kappa shape index (κ2) is 12.0. The average Bonchev–Trinajstić information content (AvgIpc) is 2.71. The van der Waals surface area contributed by atoms with Gasteiger partial charge in [0.1, 0.15) is 0 Å². The molecular weight excluding hydrogens is 324 g/mol. The molecule has 0 fully saturated rings. The van der Waals surface area contributed by atoms with Gasteiger partial charge in [-0.25, -0.2) is 0 Å². The van der Waals surface area contributed by atoms with Gasteiger partial charge in [-0.05, 0) is 47.9 Å². The molecule has 0 bridgehead atoms. The summed E-state index contributed by atoms with van der Waals surface area (Å²) >= 11 is 0. The minimum atomic E-state index is 1.23. The maximum absolute atomic E-state index is 2.36. The van der Waals surface area contributed by atoms with Crippen LogP contribution in [0.15, 0.2) is 48.5 Å². The summed E-state index contributed by atoms with van der Waals surface area (Å²) in [6.07, 6.45) is 20.9. The largest absolute Gasteiger partial charge is 0.0620 e. The van der Waals surface area contributed by atoms with Crippen molar-refractivity contribution in [3.8, 4) is 11.1 Å². The zero-order chi connectivity index (χ0) is 18.6. The Kier molecular flexibility index (Phi) is 8.98. The standard InChI is InChI=1S/C27H38/c1-2-4-6-8-10-12-18-24-20-14-16-22-26(24)27-23-17-15-21-25(27)19-13-11-9-7-5-3-1/h14-17,20-23H,1-13,18-19H2. The second-order valence-corrected chi connectivity index (χ2v) is 8.41. The van der Waals surface area contributed by atoms with Crippen molar-refractivity contribution in [2.45, 2.75) is 96.3 Å². The van der Waals surface area contributed by atoms with Crippen LogP contribution < -0.4 is 0 Å². The molecule has 0 heterocycles. The molecule has 0 amide bonds. The number of hydrogen-bond acceptors (Lipinski definition) is 0. The highest BCUT2D eigenvalue weighted by Crippen LogP contribution is 2.29. The van der Waals surface area contributed by atoms with Gasteiger partial charge in [-0.2, -0.15) is 0 Å². The molecule has 2 aromatic carbocycles. The molecule has 0 aromatic heterocycles. The van der Waals surface area contributed by atoms with Crippen LogP contribution in [0.25, 0.3) is 11.1 Å². The fourth-order valence-corrected chi connectivity index (χ4v) is 4.58. The Balaban J connectivity index is 1.71. The Hall–Kier alpha value is -1.56. The topological polar surface area (TPSA) is 0 Å². The van der Waals surface area contributed by atoms with Crippen LogP contribution in [-0.4, -0.2) is 0 Å². The third kappa shape index (κ3) is 6.83. The van der Waals surface area contributed by atoms with E-state index in [1.165, 1.54) is 107 Å². The van der Waals surface area contributed by atoms with E-state index in [-0.39, 0.29) is 0 Å². The van der Waals surface area contributed by atoms with Gasteiger partial charge in [-0.1, -0.05) is 119 Å². The quantitative estimate of drug-likeness (QED) is 0.440. The Morgan fingerprint density at radius 3 is 1.00 bits per heavy atom. The smallest absolute Gasteiger partial charge is 0.0149 e. The highest BCUT2D eigenvalue weighted by atomic mass is 14.1. The van der Waals surface area contributed by atoms with Crippen LogP contribution in [0.4, 0.5) is 0 Å². The Bertz CT molecular complexity index is 597. The number of aryl methyl sites for hydroxylation is 2. The fourth-order valence-electron chi connectivity index (χ4n) is 4.58. The molecule has 1 aliphatic carbocycles. The van der Waals surface area contributed by atoms with E-state index < -0.39 is 0 Å². The molecular formula is C27H38. The molecule has 0 spiro atoms. The fraction of sp³-hybridized carbons (Fsp3) is 0.556. The van der Waals surface area contributed by atoms with Crippen molar-refractivity contribution in [1.29, 1.82) is 0 Å². The average molecular weight is 363 g/mol. The van der Waals surface area contributed by atoms with E-state index in [2.05, 4.69) is 48.5 Å². The minimum absolute atomic E-state index is 1.23. The van der Waals surface area contributed by atoms with Crippen LogP contribution in [0, 0.1) is 0 Å². The lowest BCUT2D eigenvalue weighted by atomic mass is 9.91. The predicted molar refractivity (Wildman–Crippen MR) is 119 cm³/mol. The molecule has 0 saturated carbocycles. The van der Waals surface area contributed by atoms with Crippen molar-refractivity contribution < 1.29 is 0 Å². The van der Waals surface area contributed by atoms with Crippen LogP contribution in [0.2, 0.25) is 0 Å². The van der Waals surface area contributed by atoms with Crippen molar-refractivity contribution in [3.63, 3.8) is 0 Å². The Morgan fingerprint density at radius 1 is 0.333 bits per heavy atom. The van der Waals surface area contributed by atoms with E-state index >= 15 is 0 Å². The molecule has 0 heteroatoms. The molecule has 0 nitrogen and oxygen atoms in total. The molecule has 0 saturated heterocycles. The Labute approximate surface area is 167 Å². The minimum Gasteiger partial charge on any atom is -0.0620 e. The highest BCUT2D eigenvalue weighted by molar-refractivity contribution is 5.70. The number of hydrogen-bond donors (Lipinski definition) is 0. The lowest BCUT2D eigenvalue weighted by molar-refractivity contribution is 0.537. The third-order valence-electron chi connectivity index (χ3n) is 6.22. The summed E-state index contributed by atoms with van der Waals surface area (Å²) in [6.45, 7) is 0. The van der Waals surface area contributed by atoms with Gasteiger partial charge in [0.05, 0.1) is 0 Å². The van der Waals surface area contributed by atoms with E-state index in [1.54, 1.807) is 11.1 Å². The second-order valence-electron chi connectivity index (χ2n) is 8.41. The van der Waals surface area contributed by atoms with E-state index in [4.69, 9.17) is 0 Å². The van der Waals surface area contributed by atoms with Crippen LogP contribution in [0.5, 0.6) is 0 Å². The monoisotopic (exact) mass is 362 g/mol. The first-order chi connectivity index (χ1) is 13.4. The predicted octanol–water partition coefficient (Wildman–Crippen LogP) is 8.52. The van der Waals surface area contributed by atoms with Crippen molar-refractivity contribution in [3.05, 3.63) is 59.7 Å². The lowest BCUT2D eigenvalue weighted by Crippen LogP contribution is -1.95. The summed E-state index contributed by atoms with van der Waals surface area (Å²) in [5.41, 5.74) is 6.04. The number of rotatable bonds is 0. The van der Waals surface area contributed by atoms with Crippen molar-refractivity contribution in [2.75, 3.05) is 0 Å². The van der Waals surface area contributed by atoms with Gasteiger partial charge in [-0.3, -0.25) is 0 Å². The molecule has 0 radical (unpaired) electrons. The molecule has 1 aliphatic rings. The van der Waals surface area contributed by atoms with Crippen LogP contribution in [0.1, 0.15) is 94.6 Å². The van der Waals surface area contributed by atoms with E-state index in [0.29, 0.717) is 0 Å². The van der Waals surface area contributed by atoms with Crippen molar-refractivity contribution >= 4 is 0 Å². The van der Waals surface area contributed by atoms with E-state index in [0.717, 1.165) is 0 Å². The number of fused-ring (bicyclic) bond motifs is 3. The molecule has 146 valence electrons. The molecule has 2 aromatic rings. The van der Waals surface area contributed by atoms with Gasteiger partial charge in [0.25, 0.3) is 0 Å². The van der Waals surface area contributed by atoms with Crippen molar-refractivity contribution in [1.82, 2.24) is 0 Å².